The maximum Gasteiger partial charge on any atom is 0.226 e. The molecule has 0 atom stereocenters. The topological polar surface area (TPSA) is 33.2 Å². The molecule has 6 heteroatoms. The van der Waals surface area contributed by atoms with Crippen molar-refractivity contribution in [2.75, 3.05) is 18.8 Å². The summed E-state index contributed by atoms with van der Waals surface area (Å²) in [6.07, 6.45) is 2.46. The average Bonchev–Trinajstić information content (AvgIpc) is 3.01. The molecule has 1 aromatic heterocycles. The molecule has 1 aliphatic heterocycles. The first-order valence-corrected chi connectivity index (χ1v) is 10.0. The number of aryl methyl sites for hydroxylation is 1. The molecule has 128 valence electrons. The monoisotopic (exact) mass is 364 g/mol. The predicted molar refractivity (Wildman–Crippen MR) is 97.0 cm³/mol. The van der Waals surface area contributed by atoms with Crippen molar-refractivity contribution in [3.8, 4) is 0 Å². The number of hydrogen-bond acceptors (Lipinski definition) is 4. The normalized spacial score (nSPS) is 15.7. The minimum absolute atomic E-state index is 0.142. The van der Waals surface area contributed by atoms with Crippen molar-refractivity contribution in [3.63, 3.8) is 0 Å². The van der Waals surface area contributed by atoms with Crippen LogP contribution < -0.4 is 0 Å². The summed E-state index contributed by atoms with van der Waals surface area (Å²) in [7, 11) is 0. The lowest BCUT2D eigenvalue weighted by Crippen LogP contribution is -2.39. The Labute approximate surface area is 150 Å². The van der Waals surface area contributed by atoms with Crippen LogP contribution in [0.3, 0.4) is 0 Å². The van der Waals surface area contributed by atoms with E-state index in [9.17, 15) is 9.18 Å². The number of rotatable bonds is 5. The lowest BCUT2D eigenvalue weighted by Gasteiger charge is -2.31. The zero-order valence-electron chi connectivity index (χ0n) is 13.7. The van der Waals surface area contributed by atoms with Crippen LogP contribution >= 0.6 is 23.1 Å². The number of piperidine rings is 1. The van der Waals surface area contributed by atoms with Gasteiger partial charge in [0.15, 0.2) is 0 Å². The van der Waals surface area contributed by atoms with Crippen molar-refractivity contribution < 1.29 is 9.18 Å². The van der Waals surface area contributed by atoms with Crippen LogP contribution in [0.15, 0.2) is 34.0 Å². The average molecular weight is 365 g/mol. The number of thioether (sulfide) groups is 1. The number of aromatic nitrogens is 1. The first-order chi connectivity index (χ1) is 11.6. The van der Waals surface area contributed by atoms with E-state index in [-0.39, 0.29) is 11.7 Å². The molecule has 1 fully saturated rings. The van der Waals surface area contributed by atoms with Crippen LogP contribution in [-0.4, -0.2) is 34.6 Å². The van der Waals surface area contributed by atoms with E-state index in [4.69, 9.17) is 0 Å². The SMILES string of the molecule is Cc1csc(SCC2CCN(C(=O)Cc3ccc(F)cc3)CC2)n1. The first-order valence-electron chi connectivity index (χ1n) is 8.17. The summed E-state index contributed by atoms with van der Waals surface area (Å²) in [6.45, 7) is 3.66. The molecule has 0 aliphatic carbocycles. The van der Waals surface area contributed by atoms with Gasteiger partial charge >= 0.3 is 0 Å². The minimum Gasteiger partial charge on any atom is -0.342 e. The summed E-state index contributed by atoms with van der Waals surface area (Å²) in [5.74, 6) is 1.60. The Bertz CT molecular complexity index is 679. The van der Waals surface area contributed by atoms with Crippen molar-refractivity contribution >= 4 is 29.0 Å². The highest BCUT2D eigenvalue weighted by Gasteiger charge is 2.23. The first kappa shape index (κ1) is 17.4. The molecule has 0 saturated carbocycles. The largest absolute Gasteiger partial charge is 0.342 e. The molecular weight excluding hydrogens is 343 g/mol. The molecular formula is C18H21FN2OS2. The van der Waals surface area contributed by atoms with Crippen LogP contribution in [0.1, 0.15) is 24.1 Å². The lowest BCUT2D eigenvalue weighted by molar-refractivity contribution is -0.131. The third kappa shape index (κ3) is 4.80. The second kappa shape index (κ2) is 8.12. The number of carbonyl (C=O) groups excluding carboxylic acids is 1. The van der Waals surface area contributed by atoms with Crippen LogP contribution in [0.5, 0.6) is 0 Å². The quantitative estimate of drug-likeness (QED) is 0.747. The molecule has 3 rings (SSSR count). The second-order valence-electron chi connectivity index (χ2n) is 6.19. The zero-order valence-corrected chi connectivity index (χ0v) is 15.3. The highest BCUT2D eigenvalue weighted by atomic mass is 32.2. The summed E-state index contributed by atoms with van der Waals surface area (Å²) in [5, 5.41) is 2.08. The van der Waals surface area contributed by atoms with E-state index in [1.165, 1.54) is 12.1 Å². The number of halogens is 1. The summed E-state index contributed by atoms with van der Waals surface area (Å²) in [5.41, 5.74) is 1.96. The summed E-state index contributed by atoms with van der Waals surface area (Å²) < 4.78 is 14.1. The zero-order chi connectivity index (χ0) is 16.9. The van der Waals surface area contributed by atoms with Crippen LogP contribution in [0, 0.1) is 18.7 Å². The fourth-order valence-electron chi connectivity index (χ4n) is 2.83. The van der Waals surface area contributed by atoms with E-state index < -0.39 is 0 Å². The van der Waals surface area contributed by atoms with Gasteiger partial charge in [-0.15, -0.1) is 11.3 Å². The Morgan fingerprint density at radius 3 is 2.67 bits per heavy atom. The number of amides is 1. The number of carbonyl (C=O) groups is 1. The van der Waals surface area contributed by atoms with Crippen LogP contribution in [0.25, 0.3) is 0 Å². The third-order valence-electron chi connectivity index (χ3n) is 4.28. The van der Waals surface area contributed by atoms with E-state index in [0.717, 1.165) is 47.3 Å². The molecule has 1 amide bonds. The molecule has 1 aliphatic rings. The van der Waals surface area contributed by atoms with E-state index in [0.29, 0.717) is 12.3 Å². The minimum atomic E-state index is -0.264. The molecule has 1 aromatic carbocycles. The van der Waals surface area contributed by atoms with E-state index in [2.05, 4.69) is 10.4 Å². The molecule has 24 heavy (non-hydrogen) atoms. The number of thiazole rings is 1. The standard InChI is InChI=1S/C18H21FN2OS2/c1-13-11-23-18(20-13)24-12-15-6-8-21(9-7-15)17(22)10-14-2-4-16(19)5-3-14/h2-5,11,15H,6-10,12H2,1H3. The summed E-state index contributed by atoms with van der Waals surface area (Å²) >= 11 is 3.54. The van der Waals surface area contributed by atoms with Crippen molar-refractivity contribution in [2.24, 2.45) is 5.92 Å². The Kier molecular flexibility index (Phi) is 5.89. The van der Waals surface area contributed by atoms with Gasteiger partial charge in [0.2, 0.25) is 5.91 Å². The van der Waals surface area contributed by atoms with Gasteiger partial charge in [-0.05, 0) is 43.4 Å². The van der Waals surface area contributed by atoms with E-state index in [1.54, 1.807) is 23.5 Å². The molecule has 0 unspecified atom stereocenters. The Hall–Kier alpha value is -1.40. The van der Waals surface area contributed by atoms with Crippen molar-refractivity contribution in [1.29, 1.82) is 0 Å². The van der Waals surface area contributed by atoms with E-state index in [1.807, 2.05) is 23.6 Å². The maximum atomic E-state index is 12.9. The predicted octanol–water partition coefficient (Wildman–Crippen LogP) is 4.16. The van der Waals surface area contributed by atoms with Crippen LogP contribution in [0.2, 0.25) is 0 Å². The smallest absolute Gasteiger partial charge is 0.226 e. The fraction of sp³-hybridized carbons (Fsp3) is 0.444. The molecule has 1 saturated heterocycles. The second-order valence-corrected chi connectivity index (χ2v) is 8.32. The van der Waals surface area contributed by atoms with Gasteiger partial charge in [-0.1, -0.05) is 23.9 Å². The van der Waals surface area contributed by atoms with Gasteiger partial charge in [-0.25, -0.2) is 9.37 Å². The Morgan fingerprint density at radius 2 is 2.04 bits per heavy atom. The van der Waals surface area contributed by atoms with Gasteiger partial charge in [0, 0.05) is 29.9 Å². The molecule has 3 nitrogen and oxygen atoms in total. The number of benzene rings is 1. The summed E-state index contributed by atoms with van der Waals surface area (Å²) in [6, 6.07) is 6.19. The summed E-state index contributed by atoms with van der Waals surface area (Å²) in [4.78, 5) is 18.8. The van der Waals surface area contributed by atoms with E-state index >= 15 is 0 Å². The van der Waals surface area contributed by atoms with Crippen molar-refractivity contribution in [1.82, 2.24) is 9.88 Å². The third-order valence-corrected chi connectivity index (χ3v) is 6.65. The van der Waals surface area contributed by atoms with Crippen molar-refractivity contribution in [3.05, 3.63) is 46.7 Å². The van der Waals surface area contributed by atoms with Crippen LogP contribution in [0.4, 0.5) is 4.39 Å². The Morgan fingerprint density at radius 1 is 1.33 bits per heavy atom. The highest BCUT2D eigenvalue weighted by molar-refractivity contribution is 8.01. The number of nitrogens with zero attached hydrogens (tertiary/aromatic N) is 2. The molecule has 0 spiro atoms. The number of likely N-dealkylation sites (tertiary alicyclic amines) is 1. The van der Waals surface area contributed by atoms with Gasteiger partial charge in [0.1, 0.15) is 10.2 Å². The number of hydrogen-bond donors (Lipinski definition) is 0. The Balaban J connectivity index is 1.42. The van der Waals surface area contributed by atoms with Gasteiger partial charge in [-0.2, -0.15) is 0 Å². The van der Waals surface area contributed by atoms with Crippen LogP contribution in [-0.2, 0) is 11.2 Å². The molecule has 0 radical (unpaired) electrons. The van der Waals surface area contributed by atoms with Gasteiger partial charge in [-0.3, -0.25) is 4.79 Å². The molecule has 2 heterocycles. The molecule has 0 bridgehead atoms. The molecule has 0 N–H and O–H groups in total. The molecule has 2 aromatic rings. The van der Waals surface area contributed by atoms with Crippen molar-refractivity contribution in [2.45, 2.75) is 30.5 Å². The lowest BCUT2D eigenvalue weighted by atomic mass is 9.98. The van der Waals surface area contributed by atoms with Gasteiger partial charge < -0.3 is 4.90 Å². The van der Waals surface area contributed by atoms with Gasteiger partial charge in [0.05, 0.1) is 6.42 Å². The fourth-order valence-corrected chi connectivity index (χ4v) is 4.89. The maximum absolute atomic E-state index is 12.9. The highest BCUT2D eigenvalue weighted by Crippen LogP contribution is 2.28. The van der Waals surface area contributed by atoms with Gasteiger partial charge in [0.25, 0.3) is 0 Å².